The average Bonchev–Trinajstić information content (AvgIpc) is 2.51. The number of nitrogen functional groups attached to an aromatic ring is 1. The Morgan fingerprint density at radius 1 is 1.44 bits per heavy atom. The Hall–Kier alpha value is -1.84. The molecule has 96 valence electrons. The van der Waals surface area contributed by atoms with Crippen LogP contribution in [0.2, 0.25) is 0 Å². The number of ether oxygens (including phenoxy) is 1. The van der Waals surface area contributed by atoms with Crippen LogP contribution in [0.5, 0.6) is 0 Å². The molecule has 0 spiro atoms. The zero-order valence-corrected chi connectivity index (χ0v) is 10.9. The van der Waals surface area contributed by atoms with Crippen molar-refractivity contribution in [1.82, 2.24) is 5.32 Å². The van der Waals surface area contributed by atoms with Gasteiger partial charge in [-0.25, -0.2) is 0 Å². The second kappa shape index (κ2) is 4.12. The van der Waals surface area contributed by atoms with Gasteiger partial charge in [0.2, 0.25) is 0 Å². The second-order valence-electron chi connectivity index (χ2n) is 5.11. The average molecular weight is 245 g/mol. The molecule has 3 N–H and O–H groups in total. The Kier molecular flexibility index (Phi) is 2.58. The highest BCUT2D eigenvalue weighted by Gasteiger charge is 2.26. The number of anilines is 2. The Labute approximate surface area is 107 Å². The number of fused-ring (bicyclic) bond motifs is 2. The monoisotopic (exact) mass is 245 g/mol. The molecule has 0 radical (unpaired) electrons. The molecule has 18 heavy (non-hydrogen) atoms. The van der Waals surface area contributed by atoms with Gasteiger partial charge in [0.25, 0.3) is 0 Å². The molecule has 3 rings (SSSR count). The van der Waals surface area contributed by atoms with Gasteiger partial charge in [-0.15, -0.1) is 0 Å². The minimum atomic E-state index is 0.426. The topological polar surface area (TPSA) is 50.5 Å². The number of likely N-dealkylation sites (N-methyl/N-ethyl adjacent to an activating group) is 1. The van der Waals surface area contributed by atoms with Crippen molar-refractivity contribution in [1.29, 1.82) is 0 Å². The van der Waals surface area contributed by atoms with E-state index < -0.39 is 0 Å². The van der Waals surface area contributed by atoms with Crippen LogP contribution in [0.1, 0.15) is 18.9 Å². The predicted molar refractivity (Wildman–Crippen MR) is 74.2 cm³/mol. The van der Waals surface area contributed by atoms with Crippen molar-refractivity contribution < 1.29 is 4.74 Å². The van der Waals surface area contributed by atoms with E-state index >= 15 is 0 Å². The smallest absolute Gasteiger partial charge is 0.139 e. The number of nitrogens with zero attached hydrogens (tertiary/aromatic N) is 1. The maximum absolute atomic E-state index is 5.91. The van der Waals surface area contributed by atoms with Crippen LogP contribution in [0.25, 0.3) is 5.70 Å². The summed E-state index contributed by atoms with van der Waals surface area (Å²) in [6.07, 6.45) is 1.02. The molecule has 1 atom stereocenters. The normalized spacial score (nSPS) is 22.6. The van der Waals surface area contributed by atoms with E-state index in [1.807, 2.05) is 12.1 Å². The highest BCUT2D eigenvalue weighted by Crippen LogP contribution is 2.35. The molecule has 4 heteroatoms. The maximum Gasteiger partial charge on any atom is 0.139 e. The van der Waals surface area contributed by atoms with Gasteiger partial charge >= 0.3 is 0 Å². The molecule has 4 nitrogen and oxygen atoms in total. The lowest BCUT2D eigenvalue weighted by atomic mass is 10.0. The van der Waals surface area contributed by atoms with E-state index in [-0.39, 0.29) is 0 Å². The first-order valence-electron chi connectivity index (χ1n) is 6.38. The van der Waals surface area contributed by atoms with E-state index in [0.717, 1.165) is 42.3 Å². The number of nitrogens with one attached hydrogen (secondary N) is 1. The van der Waals surface area contributed by atoms with E-state index in [1.165, 1.54) is 5.69 Å². The van der Waals surface area contributed by atoms with Crippen LogP contribution in [0.3, 0.4) is 0 Å². The molecular formula is C14H19N3O. The lowest BCUT2D eigenvalue weighted by Crippen LogP contribution is -2.31. The zero-order chi connectivity index (χ0) is 12.7. The van der Waals surface area contributed by atoms with Gasteiger partial charge < -0.3 is 20.7 Å². The molecular weight excluding hydrogens is 226 g/mol. The van der Waals surface area contributed by atoms with Crippen molar-refractivity contribution in [3.8, 4) is 0 Å². The molecule has 0 saturated heterocycles. The van der Waals surface area contributed by atoms with Crippen molar-refractivity contribution in [2.45, 2.75) is 19.4 Å². The van der Waals surface area contributed by atoms with Gasteiger partial charge in [0.15, 0.2) is 0 Å². The van der Waals surface area contributed by atoms with Crippen molar-refractivity contribution in [2.24, 2.45) is 0 Å². The Morgan fingerprint density at radius 3 is 3.11 bits per heavy atom. The third-order valence-corrected chi connectivity index (χ3v) is 3.58. The van der Waals surface area contributed by atoms with Gasteiger partial charge in [0, 0.05) is 36.4 Å². The van der Waals surface area contributed by atoms with E-state index in [9.17, 15) is 0 Å². The Morgan fingerprint density at radius 2 is 2.28 bits per heavy atom. The summed E-state index contributed by atoms with van der Waals surface area (Å²) >= 11 is 0. The van der Waals surface area contributed by atoms with Gasteiger partial charge in [0.05, 0.1) is 18.8 Å². The first-order valence-corrected chi connectivity index (χ1v) is 6.38. The SMILES string of the molecule is C[C@H]1CCOC2=C(N1)c1cc(N)ccc1N(C)C2. The fourth-order valence-corrected chi connectivity index (χ4v) is 2.57. The minimum Gasteiger partial charge on any atom is -0.494 e. The van der Waals surface area contributed by atoms with Gasteiger partial charge in [-0.2, -0.15) is 0 Å². The molecule has 0 unspecified atom stereocenters. The molecule has 0 aromatic heterocycles. The van der Waals surface area contributed by atoms with E-state index in [1.54, 1.807) is 0 Å². The largest absolute Gasteiger partial charge is 0.494 e. The number of rotatable bonds is 0. The summed E-state index contributed by atoms with van der Waals surface area (Å²) in [5, 5.41) is 3.56. The maximum atomic E-state index is 5.91. The second-order valence-corrected chi connectivity index (χ2v) is 5.11. The summed E-state index contributed by atoms with van der Waals surface area (Å²) in [5.74, 6) is 1.03. The van der Waals surface area contributed by atoms with Crippen LogP contribution in [0.4, 0.5) is 11.4 Å². The van der Waals surface area contributed by atoms with Crippen LogP contribution in [0, 0.1) is 0 Å². The Bertz CT molecular complexity index is 510. The molecule has 1 aromatic carbocycles. The van der Waals surface area contributed by atoms with Crippen molar-refractivity contribution in [3.63, 3.8) is 0 Å². The zero-order valence-electron chi connectivity index (χ0n) is 10.9. The highest BCUT2D eigenvalue weighted by atomic mass is 16.5. The third-order valence-electron chi connectivity index (χ3n) is 3.58. The molecule has 2 aliphatic rings. The summed E-state index contributed by atoms with van der Waals surface area (Å²) in [7, 11) is 2.08. The summed E-state index contributed by atoms with van der Waals surface area (Å²) < 4.78 is 5.88. The molecule has 2 aliphatic heterocycles. The minimum absolute atomic E-state index is 0.426. The Balaban J connectivity index is 2.12. The van der Waals surface area contributed by atoms with Crippen LogP contribution in [0.15, 0.2) is 24.0 Å². The number of hydrogen-bond acceptors (Lipinski definition) is 4. The van der Waals surface area contributed by atoms with Crippen LogP contribution < -0.4 is 16.0 Å². The molecule has 0 amide bonds. The summed E-state index contributed by atoms with van der Waals surface area (Å²) in [6.45, 7) is 3.77. The first-order chi connectivity index (χ1) is 8.65. The van der Waals surface area contributed by atoms with E-state index in [0.29, 0.717) is 6.04 Å². The number of benzene rings is 1. The molecule has 0 bridgehead atoms. The van der Waals surface area contributed by atoms with Crippen molar-refractivity contribution >= 4 is 17.1 Å². The van der Waals surface area contributed by atoms with Crippen molar-refractivity contribution in [2.75, 3.05) is 30.8 Å². The lowest BCUT2D eigenvalue weighted by molar-refractivity contribution is 0.207. The van der Waals surface area contributed by atoms with E-state index in [4.69, 9.17) is 10.5 Å². The summed E-state index contributed by atoms with van der Waals surface area (Å²) in [4.78, 5) is 2.20. The standard InChI is InChI=1S/C14H19N3O/c1-9-5-6-18-13-8-17(2)12-4-3-10(15)7-11(12)14(13)16-9/h3-4,7,9,16H,5-6,8,15H2,1-2H3/t9-/m0/s1. The van der Waals surface area contributed by atoms with Gasteiger partial charge in [-0.05, 0) is 25.1 Å². The summed E-state index contributed by atoms with van der Waals surface area (Å²) in [6, 6.07) is 6.47. The fourth-order valence-electron chi connectivity index (χ4n) is 2.57. The van der Waals surface area contributed by atoms with E-state index in [2.05, 4.69) is 30.3 Å². The molecule has 1 aromatic rings. The highest BCUT2D eigenvalue weighted by molar-refractivity contribution is 5.82. The van der Waals surface area contributed by atoms with Crippen LogP contribution >= 0.6 is 0 Å². The molecule has 0 aliphatic carbocycles. The van der Waals surface area contributed by atoms with Gasteiger partial charge in [-0.3, -0.25) is 0 Å². The summed E-state index contributed by atoms with van der Waals surface area (Å²) in [5.41, 5.74) is 10.2. The molecule has 0 fully saturated rings. The lowest BCUT2D eigenvalue weighted by Gasteiger charge is -2.31. The van der Waals surface area contributed by atoms with Gasteiger partial charge in [-0.1, -0.05) is 0 Å². The van der Waals surface area contributed by atoms with Crippen molar-refractivity contribution in [3.05, 3.63) is 29.5 Å². The number of hydrogen-bond donors (Lipinski definition) is 2. The molecule has 2 heterocycles. The third kappa shape index (κ3) is 1.78. The number of nitrogens with two attached hydrogens (primary N) is 1. The first kappa shape index (κ1) is 11.3. The fraction of sp³-hybridized carbons (Fsp3) is 0.429. The van der Waals surface area contributed by atoms with Crippen LogP contribution in [-0.4, -0.2) is 26.2 Å². The molecule has 0 saturated carbocycles. The predicted octanol–water partition coefficient (Wildman–Crippen LogP) is 1.79. The van der Waals surface area contributed by atoms with Crippen LogP contribution in [-0.2, 0) is 4.74 Å². The van der Waals surface area contributed by atoms with Gasteiger partial charge in [0.1, 0.15) is 5.76 Å². The quantitative estimate of drug-likeness (QED) is 0.684.